The number of rotatable bonds is 6. The summed E-state index contributed by atoms with van der Waals surface area (Å²) in [6, 6.07) is 0. The van der Waals surface area contributed by atoms with E-state index >= 15 is 0 Å². The van der Waals surface area contributed by atoms with Crippen LogP contribution in [0.5, 0.6) is 0 Å². The molecule has 0 radical (unpaired) electrons. The molecule has 5 nitrogen and oxygen atoms in total. The standard InChI is InChI=1S/C23H32O5/c1-14(11-12-28-17(4)24)22-15(2)13-18-9-10-20(25)16(3)23(18)19(22)7-5-6-8-21(26)27/h5-8,11,13,16,18-20,22-23,25H,9-10,12H2,1-4H3,(H,26,27)/b7-5+,8-6+,14-11?/t16-,18-,19+,20+,22+,23+/m0/s1. The van der Waals surface area contributed by atoms with Gasteiger partial charge in [-0.25, -0.2) is 4.79 Å². The average molecular weight is 389 g/mol. The highest BCUT2D eigenvalue weighted by Gasteiger charge is 2.44. The number of ether oxygens (including phenoxy) is 1. The smallest absolute Gasteiger partial charge is 0.328 e. The molecule has 0 saturated heterocycles. The van der Waals surface area contributed by atoms with Gasteiger partial charge < -0.3 is 14.9 Å². The molecule has 2 aliphatic rings. The number of hydrogen-bond acceptors (Lipinski definition) is 4. The van der Waals surface area contributed by atoms with Crippen LogP contribution >= 0.6 is 0 Å². The molecule has 0 bridgehead atoms. The lowest BCUT2D eigenvalue weighted by atomic mass is 9.57. The van der Waals surface area contributed by atoms with Crippen molar-refractivity contribution < 1.29 is 24.5 Å². The molecular formula is C23H32O5. The number of fused-ring (bicyclic) bond motifs is 1. The van der Waals surface area contributed by atoms with E-state index in [4.69, 9.17) is 9.84 Å². The Morgan fingerprint density at radius 2 is 1.96 bits per heavy atom. The van der Waals surface area contributed by atoms with Crippen molar-refractivity contribution in [2.75, 3.05) is 6.61 Å². The number of carboxylic acids is 1. The number of allylic oxidation sites excluding steroid dienone is 6. The highest BCUT2D eigenvalue weighted by Crippen LogP contribution is 2.50. The first-order valence-corrected chi connectivity index (χ1v) is 9.96. The molecule has 0 heterocycles. The van der Waals surface area contributed by atoms with E-state index in [1.165, 1.54) is 12.5 Å². The van der Waals surface area contributed by atoms with E-state index in [1.54, 1.807) is 12.2 Å². The predicted octanol–water partition coefficient (Wildman–Crippen LogP) is 3.91. The van der Waals surface area contributed by atoms with Crippen LogP contribution in [-0.2, 0) is 14.3 Å². The van der Waals surface area contributed by atoms with Crippen LogP contribution in [0.15, 0.2) is 47.6 Å². The summed E-state index contributed by atoms with van der Waals surface area (Å²) < 4.78 is 5.07. The molecule has 0 amide bonds. The SMILES string of the molecule is CC(=O)OCC=C(C)[C@@H]1C(C)=C[C@@H]2CC[C@@H](O)[C@H](C)[C@H]2[C@@H]1/C=C/C=C/C(=O)O. The van der Waals surface area contributed by atoms with Gasteiger partial charge in [0, 0.05) is 18.9 Å². The number of carbonyl (C=O) groups excluding carboxylic acids is 1. The maximum atomic E-state index is 11.1. The van der Waals surface area contributed by atoms with Crippen LogP contribution in [0.3, 0.4) is 0 Å². The van der Waals surface area contributed by atoms with Gasteiger partial charge in [-0.05, 0) is 56.4 Å². The molecule has 5 heteroatoms. The van der Waals surface area contributed by atoms with Crippen molar-refractivity contribution in [3.8, 4) is 0 Å². The predicted molar refractivity (Wildman–Crippen MR) is 108 cm³/mol. The third kappa shape index (κ3) is 5.44. The van der Waals surface area contributed by atoms with Crippen LogP contribution < -0.4 is 0 Å². The normalized spacial score (nSPS) is 33.6. The van der Waals surface area contributed by atoms with Gasteiger partial charge in [0.15, 0.2) is 0 Å². The van der Waals surface area contributed by atoms with E-state index < -0.39 is 5.97 Å². The Morgan fingerprint density at radius 1 is 1.25 bits per heavy atom. The van der Waals surface area contributed by atoms with E-state index in [1.807, 2.05) is 13.0 Å². The molecule has 154 valence electrons. The summed E-state index contributed by atoms with van der Waals surface area (Å²) in [6.45, 7) is 7.92. The third-order valence-electron chi connectivity index (χ3n) is 6.17. The summed E-state index contributed by atoms with van der Waals surface area (Å²) in [6.07, 6.45) is 12.3. The molecule has 0 aliphatic heterocycles. The molecular weight excluding hydrogens is 356 g/mol. The average Bonchev–Trinajstić information content (AvgIpc) is 2.60. The van der Waals surface area contributed by atoms with E-state index in [0.717, 1.165) is 24.5 Å². The van der Waals surface area contributed by atoms with Crippen LogP contribution in [0.1, 0.15) is 40.5 Å². The quantitative estimate of drug-likeness (QED) is 0.312. The number of carboxylic acid groups (broad SMARTS) is 1. The minimum atomic E-state index is -0.974. The molecule has 2 N–H and O–H groups in total. The summed E-state index contributed by atoms with van der Waals surface area (Å²) in [5, 5.41) is 19.3. The number of hydrogen-bond donors (Lipinski definition) is 2. The molecule has 1 saturated carbocycles. The van der Waals surface area contributed by atoms with Crippen LogP contribution in [0.25, 0.3) is 0 Å². The Balaban J connectivity index is 2.37. The molecule has 2 aliphatic carbocycles. The fraction of sp³-hybridized carbons (Fsp3) is 0.565. The number of aliphatic hydroxyl groups excluding tert-OH is 1. The minimum absolute atomic E-state index is 0.138. The summed E-state index contributed by atoms with van der Waals surface area (Å²) in [7, 11) is 0. The zero-order chi connectivity index (χ0) is 20.8. The zero-order valence-electron chi connectivity index (χ0n) is 17.2. The van der Waals surface area contributed by atoms with Gasteiger partial charge in [-0.1, -0.05) is 42.4 Å². The lowest BCUT2D eigenvalue weighted by Crippen LogP contribution is -2.44. The van der Waals surface area contributed by atoms with Crippen molar-refractivity contribution in [3.63, 3.8) is 0 Å². The number of esters is 1. The van der Waals surface area contributed by atoms with Crippen molar-refractivity contribution in [1.29, 1.82) is 0 Å². The van der Waals surface area contributed by atoms with Gasteiger partial charge >= 0.3 is 11.9 Å². The molecule has 0 aromatic carbocycles. The van der Waals surface area contributed by atoms with Crippen molar-refractivity contribution >= 4 is 11.9 Å². The fourth-order valence-electron chi connectivity index (χ4n) is 4.91. The van der Waals surface area contributed by atoms with Crippen LogP contribution in [0, 0.1) is 29.6 Å². The van der Waals surface area contributed by atoms with Gasteiger partial charge in [-0.3, -0.25) is 4.79 Å². The number of carbonyl (C=O) groups is 2. The molecule has 1 fully saturated rings. The lowest BCUT2D eigenvalue weighted by molar-refractivity contribution is -0.139. The summed E-state index contributed by atoms with van der Waals surface area (Å²) in [5.41, 5.74) is 2.40. The van der Waals surface area contributed by atoms with E-state index in [9.17, 15) is 14.7 Å². The highest BCUT2D eigenvalue weighted by molar-refractivity contribution is 5.80. The first kappa shape index (κ1) is 22.2. The van der Waals surface area contributed by atoms with Crippen LogP contribution in [0.2, 0.25) is 0 Å². The molecule has 2 rings (SSSR count). The van der Waals surface area contributed by atoms with Gasteiger partial charge in [0.25, 0.3) is 0 Å². The summed E-state index contributed by atoms with van der Waals surface area (Å²) in [5.74, 6) is -0.147. The van der Waals surface area contributed by atoms with Gasteiger partial charge in [-0.2, -0.15) is 0 Å². The first-order chi connectivity index (χ1) is 13.2. The largest absolute Gasteiger partial charge is 0.478 e. The number of aliphatic hydroxyl groups is 1. The lowest BCUT2D eigenvalue weighted by Gasteiger charge is -2.48. The molecule has 0 aromatic heterocycles. The van der Waals surface area contributed by atoms with Gasteiger partial charge in [-0.15, -0.1) is 0 Å². The van der Waals surface area contributed by atoms with E-state index in [0.29, 0.717) is 5.92 Å². The molecule has 28 heavy (non-hydrogen) atoms. The monoisotopic (exact) mass is 388 g/mol. The maximum absolute atomic E-state index is 11.1. The second-order valence-electron chi connectivity index (χ2n) is 8.04. The van der Waals surface area contributed by atoms with Gasteiger partial charge in [0.2, 0.25) is 0 Å². The fourth-order valence-corrected chi connectivity index (χ4v) is 4.91. The van der Waals surface area contributed by atoms with Gasteiger partial charge in [0.1, 0.15) is 6.61 Å². The Bertz CT molecular complexity index is 700. The molecule has 6 atom stereocenters. The second kappa shape index (κ2) is 9.87. The Hall–Kier alpha value is -2.14. The Kier molecular flexibility index (Phi) is 7.81. The highest BCUT2D eigenvalue weighted by atomic mass is 16.5. The topological polar surface area (TPSA) is 83.8 Å². The van der Waals surface area contributed by atoms with Crippen LogP contribution in [-0.4, -0.2) is 34.9 Å². The van der Waals surface area contributed by atoms with Crippen molar-refractivity contribution in [3.05, 3.63) is 47.6 Å². The maximum Gasteiger partial charge on any atom is 0.328 e. The summed E-state index contributed by atoms with van der Waals surface area (Å²) >= 11 is 0. The van der Waals surface area contributed by atoms with Crippen LogP contribution in [0.4, 0.5) is 0 Å². The van der Waals surface area contributed by atoms with Crippen molar-refractivity contribution in [2.24, 2.45) is 29.6 Å². The summed E-state index contributed by atoms with van der Waals surface area (Å²) in [4.78, 5) is 21.8. The first-order valence-electron chi connectivity index (χ1n) is 9.96. The van der Waals surface area contributed by atoms with Gasteiger partial charge in [0.05, 0.1) is 6.10 Å². The number of aliphatic carboxylic acids is 1. The van der Waals surface area contributed by atoms with Crippen molar-refractivity contribution in [1.82, 2.24) is 0 Å². The minimum Gasteiger partial charge on any atom is -0.478 e. The molecule has 0 unspecified atom stereocenters. The van der Waals surface area contributed by atoms with E-state index in [-0.39, 0.29) is 42.4 Å². The molecule has 0 spiro atoms. The Morgan fingerprint density at radius 3 is 2.61 bits per heavy atom. The second-order valence-corrected chi connectivity index (χ2v) is 8.04. The third-order valence-corrected chi connectivity index (χ3v) is 6.17. The molecule has 0 aromatic rings. The van der Waals surface area contributed by atoms with Crippen molar-refractivity contribution in [2.45, 2.75) is 46.6 Å². The zero-order valence-corrected chi connectivity index (χ0v) is 17.2. The van der Waals surface area contributed by atoms with E-state index in [2.05, 4.69) is 26.0 Å². The Labute approximate surface area is 167 Å².